The van der Waals surface area contributed by atoms with E-state index < -0.39 is 29.0 Å². The first kappa shape index (κ1) is 21.5. The number of aryl methyl sites for hydroxylation is 1. The van der Waals surface area contributed by atoms with Crippen LogP contribution in [-0.4, -0.2) is 15.9 Å². The fraction of sp³-hybridized carbons (Fsp3) is 0.261. The second kappa shape index (κ2) is 10.0. The third kappa shape index (κ3) is 5.43. The van der Waals surface area contributed by atoms with E-state index in [1.807, 2.05) is 0 Å². The molecule has 0 aliphatic carbocycles. The van der Waals surface area contributed by atoms with Crippen LogP contribution in [0.3, 0.4) is 0 Å². The highest BCUT2D eigenvalue weighted by Crippen LogP contribution is 2.21. The fourth-order valence-electron chi connectivity index (χ4n) is 2.90. The van der Waals surface area contributed by atoms with Crippen molar-refractivity contribution in [2.75, 3.05) is 0 Å². The Kier molecular flexibility index (Phi) is 7.17. The van der Waals surface area contributed by atoms with Gasteiger partial charge in [-0.25, -0.2) is 27.9 Å². The van der Waals surface area contributed by atoms with Gasteiger partial charge in [0.1, 0.15) is 5.75 Å². The first-order valence-electron chi connectivity index (χ1n) is 9.76. The monoisotopic (exact) mass is 414 g/mol. The zero-order valence-electron chi connectivity index (χ0n) is 16.5. The van der Waals surface area contributed by atoms with Crippen LogP contribution in [0.25, 0.3) is 11.4 Å². The van der Waals surface area contributed by atoms with E-state index in [0.717, 1.165) is 24.0 Å². The molecule has 30 heavy (non-hydrogen) atoms. The molecule has 3 rings (SSSR count). The summed E-state index contributed by atoms with van der Waals surface area (Å²) in [4.78, 5) is 20.8. The number of carbonyl (C=O) groups excluding carboxylic acids is 1. The largest absolute Gasteiger partial charge is 0.423 e. The number of carbonyl (C=O) groups is 1. The molecule has 0 fully saturated rings. The van der Waals surface area contributed by atoms with Gasteiger partial charge in [0.15, 0.2) is 23.3 Å². The predicted octanol–water partition coefficient (Wildman–Crippen LogP) is 5.90. The molecule has 7 heteroatoms. The second-order valence-corrected chi connectivity index (χ2v) is 6.89. The van der Waals surface area contributed by atoms with Gasteiger partial charge < -0.3 is 4.74 Å². The predicted molar refractivity (Wildman–Crippen MR) is 107 cm³/mol. The van der Waals surface area contributed by atoms with Crippen molar-refractivity contribution in [2.24, 2.45) is 0 Å². The van der Waals surface area contributed by atoms with Crippen LogP contribution in [0.5, 0.6) is 5.75 Å². The minimum Gasteiger partial charge on any atom is -0.423 e. The molecule has 1 aromatic heterocycles. The SMILES string of the molecule is CCCCCCc1cnc(-c2ccc(OC(=O)c3cc(F)c(F)c(F)c3)cc2)nc1. The van der Waals surface area contributed by atoms with Gasteiger partial charge in [0.05, 0.1) is 5.56 Å². The van der Waals surface area contributed by atoms with E-state index >= 15 is 0 Å². The topological polar surface area (TPSA) is 52.1 Å². The summed E-state index contributed by atoms with van der Waals surface area (Å²) >= 11 is 0. The number of ether oxygens (including phenoxy) is 1. The number of aromatic nitrogens is 2. The van der Waals surface area contributed by atoms with Crippen molar-refractivity contribution >= 4 is 5.97 Å². The average Bonchev–Trinajstić information content (AvgIpc) is 2.75. The Morgan fingerprint density at radius 1 is 0.933 bits per heavy atom. The highest BCUT2D eigenvalue weighted by atomic mass is 19.2. The lowest BCUT2D eigenvalue weighted by Gasteiger charge is -2.07. The summed E-state index contributed by atoms with van der Waals surface area (Å²) in [5.41, 5.74) is 1.39. The Hall–Kier alpha value is -3.22. The van der Waals surface area contributed by atoms with E-state index in [1.54, 1.807) is 24.5 Å². The number of nitrogens with zero attached hydrogens (tertiary/aromatic N) is 2. The molecule has 0 spiro atoms. The van der Waals surface area contributed by atoms with Crippen LogP contribution in [0.15, 0.2) is 48.8 Å². The molecule has 0 saturated carbocycles. The fourth-order valence-corrected chi connectivity index (χ4v) is 2.90. The van der Waals surface area contributed by atoms with E-state index in [4.69, 9.17) is 4.74 Å². The Balaban J connectivity index is 1.63. The quantitative estimate of drug-likeness (QED) is 0.199. The molecule has 0 bridgehead atoms. The maximum atomic E-state index is 13.3. The van der Waals surface area contributed by atoms with Crippen LogP contribution in [-0.2, 0) is 6.42 Å². The zero-order chi connectivity index (χ0) is 21.5. The maximum absolute atomic E-state index is 13.3. The first-order chi connectivity index (χ1) is 14.5. The molecule has 0 N–H and O–H groups in total. The lowest BCUT2D eigenvalue weighted by molar-refractivity contribution is 0.0733. The first-order valence-corrected chi connectivity index (χ1v) is 9.76. The Morgan fingerprint density at radius 2 is 1.57 bits per heavy atom. The Morgan fingerprint density at radius 3 is 2.17 bits per heavy atom. The lowest BCUT2D eigenvalue weighted by atomic mass is 10.1. The molecule has 0 aliphatic heterocycles. The van der Waals surface area contributed by atoms with Crippen molar-refractivity contribution in [2.45, 2.75) is 39.0 Å². The van der Waals surface area contributed by atoms with Gasteiger partial charge in [-0.3, -0.25) is 0 Å². The van der Waals surface area contributed by atoms with Crippen LogP contribution < -0.4 is 4.74 Å². The number of hydrogen-bond acceptors (Lipinski definition) is 4. The Bertz CT molecular complexity index is 983. The molecular formula is C23H21F3N2O2. The summed E-state index contributed by atoms with van der Waals surface area (Å²) in [6, 6.07) is 7.56. The Labute approximate surface area is 172 Å². The molecule has 0 aliphatic rings. The smallest absolute Gasteiger partial charge is 0.343 e. The minimum atomic E-state index is -1.64. The lowest BCUT2D eigenvalue weighted by Crippen LogP contribution is -2.10. The standard InChI is InChI=1S/C23H21F3N2O2/c1-2-3-4-5-6-15-13-27-22(28-14-15)16-7-9-18(10-8-16)30-23(29)17-11-19(24)21(26)20(25)12-17/h7-14H,2-6H2,1H3. The summed E-state index contributed by atoms with van der Waals surface area (Å²) in [6.45, 7) is 2.17. The van der Waals surface area contributed by atoms with Crippen molar-refractivity contribution in [1.82, 2.24) is 9.97 Å². The van der Waals surface area contributed by atoms with E-state index in [2.05, 4.69) is 16.9 Å². The second-order valence-electron chi connectivity index (χ2n) is 6.89. The number of unbranched alkanes of at least 4 members (excludes halogenated alkanes) is 3. The van der Waals surface area contributed by atoms with Crippen LogP contribution in [0.2, 0.25) is 0 Å². The van der Waals surface area contributed by atoms with Gasteiger partial charge in [-0.1, -0.05) is 26.2 Å². The van der Waals surface area contributed by atoms with Gasteiger partial charge in [-0.2, -0.15) is 0 Å². The summed E-state index contributed by atoms with van der Waals surface area (Å²) < 4.78 is 44.6. The van der Waals surface area contributed by atoms with Crippen LogP contribution in [0.1, 0.15) is 48.5 Å². The highest BCUT2D eigenvalue weighted by molar-refractivity contribution is 5.91. The number of hydrogen-bond donors (Lipinski definition) is 0. The van der Waals surface area contributed by atoms with Gasteiger partial charge in [0, 0.05) is 18.0 Å². The van der Waals surface area contributed by atoms with Crippen molar-refractivity contribution in [3.05, 3.63) is 77.4 Å². The highest BCUT2D eigenvalue weighted by Gasteiger charge is 2.16. The summed E-state index contributed by atoms with van der Waals surface area (Å²) in [7, 11) is 0. The molecule has 0 unspecified atom stereocenters. The van der Waals surface area contributed by atoms with E-state index in [9.17, 15) is 18.0 Å². The average molecular weight is 414 g/mol. The van der Waals surface area contributed by atoms with Crippen LogP contribution >= 0.6 is 0 Å². The molecule has 0 amide bonds. The van der Waals surface area contributed by atoms with Gasteiger partial charge in [-0.05, 0) is 54.8 Å². The van der Waals surface area contributed by atoms with Gasteiger partial charge in [0.25, 0.3) is 0 Å². The number of rotatable bonds is 8. The molecule has 4 nitrogen and oxygen atoms in total. The van der Waals surface area contributed by atoms with E-state index in [-0.39, 0.29) is 5.75 Å². The van der Waals surface area contributed by atoms with Crippen molar-refractivity contribution in [3.8, 4) is 17.1 Å². The third-order valence-electron chi connectivity index (χ3n) is 4.57. The van der Waals surface area contributed by atoms with Crippen LogP contribution in [0, 0.1) is 17.5 Å². The van der Waals surface area contributed by atoms with E-state index in [0.29, 0.717) is 18.0 Å². The normalized spacial score (nSPS) is 10.8. The maximum Gasteiger partial charge on any atom is 0.343 e. The van der Waals surface area contributed by atoms with Crippen molar-refractivity contribution < 1.29 is 22.7 Å². The summed E-state index contributed by atoms with van der Waals surface area (Å²) in [6.07, 6.45) is 9.27. The van der Waals surface area contributed by atoms with E-state index in [1.165, 1.54) is 31.4 Å². The molecule has 1 heterocycles. The molecule has 2 aromatic carbocycles. The molecule has 3 aromatic rings. The van der Waals surface area contributed by atoms with Crippen molar-refractivity contribution in [3.63, 3.8) is 0 Å². The summed E-state index contributed by atoms with van der Waals surface area (Å²) in [5, 5.41) is 0. The number of esters is 1. The molecule has 156 valence electrons. The van der Waals surface area contributed by atoms with Gasteiger partial charge >= 0.3 is 5.97 Å². The van der Waals surface area contributed by atoms with Crippen molar-refractivity contribution in [1.29, 1.82) is 0 Å². The number of halogens is 3. The molecular weight excluding hydrogens is 393 g/mol. The summed E-state index contributed by atoms with van der Waals surface area (Å²) in [5.74, 6) is -4.84. The van der Waals surface area contributed by atoms with Gasteiger partial charge in [0.2, 0.25) is 0 Å². The van der Waals surface area contributed by atoms with Crippen LogP contribution in [0.4, 0.5) is 13.2 Å². The molecule has 0 atom stereocenters. The zero-order valence-corrected chi connectivity index (χ0v) is 16.5. The van der Waals surface area contributed by atoms with Gasteiger partial charge in [-0.15, -0.1) is 0 Å². The molecule has 0 saturated heterocycles. The molecule has 0 radical (unpaired) electrons. The number of benzene rings is 2. The minimum absolute atomic E-state index is 0.168. The third-order valence-corrected chi connectivity index (χ3v) is 4.57.